The second-order valence-electron chi connectivity index (χ2n) is 7.66. The third kappa shape index (κ3) is 6.06. The number of carbonyl (C=O) groups is 1. The van der Waals surface area contributed by atoms with Crippen molar-refractivity contribution in [3.8, 4) is 0 Å². The first-order chi connectivity index (χ1) is 15.2. The minimum absolute atomic E-state index is 0.00980. The summed E-state index contributed by atoms with van der Waals surface area (Å²) in [5, 5.41) is 2.85. The molecule has 1 aliphatic heterocycles. The smallest absolute Gasteiger partial charge is 0.266 e. The number of benzene rings is 2. The number of hydrogen-bond acceptors (Lipinski definition) is 6. The Morgan fingerprint density at radius 3 is 2.75 bits per heavy atom. The van der Waals surface area contributed by atoms with Crippen LogP contribution in [0.1, 0.15) is 28.4 Å². The third-order valence-electron chi connectivity index (χ3n) is 5.24. The van der Waals surface area contributed by atoms with E-state index in [1.807, 2.05) is 12.1 Å². The Kier molecular flexibility index (Phi) is 8.26. The van der Waals surface area contributed by atoms with Gasteiger partial charge in [0, 0.05) is 38.8 Å². The van der Waals surface area contributed by atoms with Crippen LogP contribution in [-0.2, 0) is 32.7 Å². The molecule has 174 valence electrons. The van der Waals surface area contributed by atoms with Gasteiger partial charge in [-0.3, -0.25) is 14.5 Å². The molecule has 0 bridgehead atoms. The fraction of sp³-hybridized carbons (Fsp3) is 0.409. The van der Waals surface area contributed by atoms with Crippen LogP contribution in [0, 0.1) is 0 Å². The second-order valence-corrected chi connectivity index (χ2v) is 9.97. The van der Waals surface area contributed by atoms with Crippen LogP contribution in [0.15, 0.2) is 47.4 Å². The number of nitrogens with zero attached hydrogens (tertiary/aromatic N) is 2. The molecule has 1 atom stereocenters. The normalized spacial score (nSPS) is 17.5. The molecular weight excluding hydrogens is 454 g/mol. The van der Waals surface area contributed by atoms with Gasteiger partial charge in [-0.15, -0.1) is 0 Å². The van der Waals surface area contributed by atoms with Crippen molar-refractivity contribution < 1.29 is 22.8 Å². The maximum absolute atomic E-state index is 12.7. The molecule has 2 aromatic carbocycles. The summed E-state index contributed by atoms with van der Waals surface area (Å²) < 4.78 is 31.3. The Bertz CT molecular complexity index is 1060. The highest BCUT2D eigenvalue weighted by molar-refractivity contribution is 7.89. The quantitative estimate of drug-likeness (QED) is 0.583. The van der Waals surface area contributed by atoms with E-state index in [9.17, 15) is 13.2 Å². The predicted molar refractivity (Wildman–Crippen MR) is 122 cm³/mol. The van der Waals surface area contributed by atoms with Gasteiger partial charge in [0.05, 0.1) is 24.8 Å². The zero-order valence-corrected chi connectivity index (χ0v) is 19.9. The molecule has 0 aromatic heterocycles. The molecule has 3 rings (SSSR count). The van der Waals surface area contributed by atoms with Crippen molar-refractivity contribution >= 4 is 27.5 Å². The van der Waals surface area contributed by atoms with Crippen LogP contribution < -0.4 is 5.32 Å². The van der Waals surface area contributed by atoms with Crippen molar-refractivity contribution in [2.24, 2.45) is 0 Å². The van der Waals surface area contributed by atoms with Gasteiger partial charge in [-0.2, -0.15) is 0 Å². The molecule has 1 N–H and O–H groups in total. The van der Waals surface area contributed by atoms with Crippen LogP contribution in [0.25, 0.3) is 0 Å². The zero-order chi connectivity index (χ0) is 23.3. The lowest BCUT2D eigenvalue weighted by molar-refractivity contribution is -0.0258. The van der Waals surface area contributed by atoms with E-state index in [4.69, 9.17) is 21.2 Å². The number of halogens is 1. The molecule has 0 aliphatic carbocycles. The number of amides is 1. The van der Waals surface area contributed by atoms with Gasteiger partial charge in [-0.05, 0) is 36.2 Å². The molecule has 1 aliphatic rings. The van der Waals surface area contributed by atoms with E-state index in [0.717, 1.165) is 37.4 Å². The van der Waals surface area contributed by atoms with E-state index in [2.05, 4.69) is 29.3 Å². The molecule has 0 radical (unpaired) electrons. The van der Waals surface area contributed by atoms with E-state index in [0.29, 0.717) is 11.0 Å². The average Bonchev–Trinajstić information content (AvgIpc) is 2.77. The minimum Gasteiger partial charge on any atom is -0.376 e. The monoisotopic (exact) mass is 481 g/mol. The summed E-state index contributed by atoms with van der Waals surface area (Å²) in [4.78, 5) is 19.6. The molecule has 8 nitrogen and oxygen atoms in total. The lowest BCUT2D eigenvalue weighted by atomic mass is 10.1. The lowest BCUT2D eigenvalue weighted by Crippen LogP contribution is -2.40. The van der Waals surface area contributed by atoms with Gasteiger partial charge in [0.15, 0.2) is 0 Å². The van der Waals surface area contributed by atoms with E-state index < -0.39 is 15.9 Å². The molecule has 0 spiro atoms. The molecule has 10 heteroatoms. The van der Waals surface area contributed by atoms with Crippen molar-refractivity contribution in [3.05, 3.63) is 64.2 Å². The van der Waals surface area contributed by atoms with Crippen LogP contribution in [0.3, 0.4) is 0 Å². The van der Waals surface area contributed by atoms with Crippen molar-refractivity contribution in [1.29, 1.82) is 0 Å². The Hall–Kier alpha value is -2.01. The zero-order valence-electron chi connectivity index (χ0n) is 18.4. The number of sulfonamides is 1. The highest BCUT2D eigenvalue weighted by Crippen LogP contribution is 2.25. The molecule has 0 saturated carbocycles. The van der Waals surface area contributed by atoms with E-state index in [-0.39, 0.29) is 21.6 Å². The van der Waals surface area contributed by atoms with Gasteiger partial charge in [0.2, 0.25) is 0 Å². The Morgan fingerprint density at radius 2 is 2.03 bits per heavy atom. The Balaban J connectivity index is 1.67. The number of rotatable bonds is 8. The molecule has 32 heavy (non-hydrogen) atoms. The van der Waals surface area contributed by atoms with E-state index in [1.165, 1.54) is 32.4 Å². The van der Waals surface area contributed by atoms with Crippen molar-refractivity contribution in [1.82, 2.24) is 14.7 Å². The van der Waals surface area contributed by atoms with Crippen molar-refractivity contribution in [2.75, 3.05) is 33.9 Å². The molecule has 1 saturated heterocycles. The summed E-state index contributed by atoms with van der Waals surface area (Å²) in [6, 6.07) is 12.2. The predicted octanol–water partition coefficient (Wildman–Crippen LogP) is 2.67. The number of ether oxygens (including phenoxy) is 1. The second kappa shape index (κ2) is 10.7. The van der Waals surface area contributed by atoms with Gasteiger partial charge < -0.3 is 10.1 Å². The lowest BCUT2D eigenvalue weighted by Gasteiger charge is -2.31. The van der Waals surface area contributed by atoms with Crippen LogP contribution >= 0.6 is 11.6 Å². The maximum atomic E-state index is 12.7. The summed E-state index contributed by atoms with van der Waals surface area (Å²) in [5.74, 6) is -0.398. The van der Waals surface area contributed by atoms with Gasteiger partial charge in [-0.25, -0.2) is 8.42 Å². The number of hydrogen-bond donors (Lipinski definition) is 1. The SMILES string of the molecule is CON(C)S(=O)(=O)c1cc(C(=O)NCc2cccc(CN3CCOC(C)C3)c2)ccc1Cl. The first-order valence-corrected chi connectivity index (χ1v) is 12.0. The topological polar surface area (TPSA) is 88.2 Å². The van der Waals surface area contributed by atoms with Gasteiger partial charge in [0.1, 0.15) is 4.90 Å². The van der Waals surface area contributed by atoms with Crippen molar-refractivity contribution in [3.63, 3.8) is 0 Å². The molecular formula is C22H28ClN3O5S. The molecule has 1 fully saturated rings. The van der Waals surface area contributed by atoms with Crippen LogP contribution in [0.5, 0.6) is 0 Å². The summed E-state index contributed by atoms with van der Waals surface area (Å²) in [6.45, 7) is 5.72. The molecule has 2 aromatic rings. The number of nitrogens with one attached hydrogen (secondary N) is 1. The van der Waals surface area contributed by atoms with Gasteiger partial charge >= 0.3 is 0 Å². The van der Waals surface area contributed by atoms with Crippen LogP contribution in [0.2, 0.25) is 5.02 Å². The Morgan fingerprint density at radius 1 is 1.28 bits per heavy atom. The molecule has 1 amide bonds. The number of carbonyl (C=O) groups excluding carboxylic acids is 1. The standard InChI is InChI=1S/C22H28ClN3O5S/c1-16-14-26(9-10-31-16)15-18-6-4-5-17(11-18)13-24-22(27)19-7-8-20(23)21(12-19)32(28,29)25(2)30-3/h4-8,11-12,16H,9-10,13-15H2,1-3H3,(H,24,27). The maximum Gasteiger partial charge on any atom is 0.266 e. The summed E-state index contributed by atoms with van der Waals surface area (Å²) in [5.41, 5.74) is 2.31. The average molecular weight is 482 g/mol. The first-order valence-electron chi connectivity index (χ1n) is 10.2. The highest BCUT2D eigenvalue weighted by Gasteiger charge is 2.25. The van der Waals surface area contributed by atoms with Gasteiger partial charge in [0.25, 0.3) is 15.9 Å². The fourth-order valence-corrected chi connectivity index (χ4v) is 4.97. The number of hydroxylamine groups is 1. The minimum atomic E-state index is -3.98. The van der Waals surface area contributed by atoms with Gasteiger partial charge in [-0.1, -0.05) is 40.3 Å². The summed E-state index contributed by atoms with van der Waals surface area (Å²) in [7, 11) is -1.50. The number of morpholine rings is 1. The largest absolute Gasteiger partial charge is 0.376 e. The third-order valence-corrected chi connectivity index (χ3v) is 7.40. The van der Waals surface area contributed by atoms with E-state index in [1.54, 1.807) is 0 Å². The van der Waals surface area contributed by atoms with Crippen molar-refractivity contribution in [2.45, 2.75) is 31.0 Å². The first kappa shape index (κ1) is 24.6. The van der Waals surface area contributed by atoms with Crippen LogP contribution in [0.4, 0.5) is 0 Å². The molecule has 1 unspecified atom stereocenters. The molecule has 1 heterocycles. The van der Waals surface area contributed by atoms with E-state index >= 15 is 0 Å². The summed E-state index contributed by atoms with van der Waals surface area (Å²) in [6.07, 6.45) is 0.225. The fourth-order valence-electron chi connectivity index (χ4n) is 3.49. The Labute approximate surface area is 194 Å². The van der Waals surface area contributed by atoms with Crippen LogP contribution in [-0.4, -0.2) is 63.7 Å². The highest BCUT2D eigenvalue weighted by atomic mass is 35.5. The summed E-state index contributed by atoms with van der Waals surface area (Å²) >= 11 is 6.06.